The summed E-state index contributed by atoms with van der Waals surface area (Å²) in [6.45, 7) is 0.302. The van der Waals surface area contributed by atoms with E-state index in [-0.39, 0.29) is 35.3 Å². The minimum absolute atomic E-state index is 0. The minimum atomic E-state index is -4.04. The quantitative estimate of drug-likeness (QED) is 0.426. The van der Waals surface area contributed by atoms with E-state index in [1.54, 1.807) is 0 Å². The third-order valence-corrected chi connectivity index (χ3v) is 3.09. The summed E-state index contributed by atoms with van der Waals surface area (Å²) in [5.41, 5.74) is 0. The molecule has 0 bridgehead atoms. The molecule has 0 spiro atoms. The topological polar surface area (TPSA) is 69.2 Å². The molecule has 6 heteroatoms. The Bertz CT molecular complexity index is 237. The Morgan fingerprint density at radius 3 is 2.29 bits per heavy atom. The Labute approximate surface area is 108 Å². The Morgan fingerprint density at radius 1 is 1.21 bits per heavy atom. The first-order chi connectivity index (χ1) is 6.08. The summed E-state index contributed by atoms with van der Waals surface area (Å²) >= 11 is 0. The van der Waals surface area contributed by atoms with Gasteiger partial charge in [-0.05, 0) is 12.8 Å². The van der Waals surface area contributed by atoms with Gasteiger partial charge in [-0.1, -0.05) is 19.3 Å². The van der Waals surface area contributed by atoms with Crippen LogP contribution in [0.5, 0.6) is 0 Å². The number of nitrogens with one attached hydrogen (secondary N) is 1. The van der Waals surface area contributed by atoms with Crippen LogP contribution in [0, 0.1) is 0 Å². The summed E-state index contributed by atoms with van der Waals surface area (Å²) in [4.78, 5) is 0. The molecule has 1 N–H and O–H groups in total. The molecule has 0 unspecified atom stereocenters. The van der Waals surface area contributed by atoms with E-state index in [2.05, 4.69) is 5.32 Å². The summed E-state index contributed by atoms with van der Waals surface area (Å²) in [5, 5.41) is 3.10. The van der Waals surface area contributed by atoms with Crippen LogP contribution in [-0.2, 0) is 10.1 Å². The molecule has 78 valence electrons. The van der Waals surface area contributed by atoms with E-state index in [4.69, 9.17) is 0 Å². The molecule has 0 aliphatic heterocycles. The molecule has 1 aliphatic carbocycles. The first-order valence-electron chi connectivity index (χ1n) is 4.75. The van der Waals surface area contributed by atoms with Crippen molar-refractivity contribution in [3.05, 3.63) is 0 Å². The maximum absolute atomic E-state index is 10.3. The van der Waals surface area contributed by atoms with Crippen molar-refractivity contribution < 1.29 is 42.5 Å². The molecular formula is C8H16NNaO3S. The molecule has 0 aromatic carbocycles. The average molecular weight is 229 g/mol. The van der Waals surface area contributed by atoms with Gasteiger partial charge in [-0.15, -0.1) is 0 Å². The maximum atomic E-state index is 10.3. The van der Waals surface area contributed by atoms with Crippen molar-refractivity contribution in [1.29, 1.82) is 0 Å². The van der Waals surface area contributed by atoms with Crippen LogP contribution in [0.2, 0.25) is 0 Å². The van der Waals surface area contributed by atoms with Gasteiger partial charge in [0.2, 0.25) is 0 Å². The van der Waals surface area contributed by atoms with Crippen LogP contribution in [-0.4, -0.2) is 31.3 Å². The van der Waals surface area contributed by atoms with E-state index >= 15 is 0 Å². The second-order valence-electron chi connectivity index (χ2n) is 3.55. The molecule has 4 nitrogen and oxygen atoms in total. The van der Waals surface area contributed by atoms with E-state index in [0.717, 1.165) is 12.8 Å². The fourth-order valence-corrected chi connectivity index (χ4v) is 2.06. The van der Waals surface area contributed by atoms with Crippen LogP contribution in [0.1, 0.15) is 32.1 Å². The van der Waals surface area contributed by atoms with E-state index in [1.165, 1.54) is 19.3 Å². The van der Waals surface area contributed by atoms with Gasteiger partial charge < -0.3 is 9.87 Å². The monoisotopic (exact) mass is 229 g/mol. The van der Waals surface area contributed by atoms with Crippen LogP contribution in [0.4, 0.5) is 0 Å². The molecule has 1 rings (SSSR count). The zero-order valence-corrected chi connectivity index (χ0v) is 11.5. The first-order valence-corrected chi connectivity index (χ1v) is 6.32. The summed E-state index contributed by atoms with van der Waals surface area (Å²) in [6.07, 6.45) is 5.92. The van der Waals surface area contributed by atoms with Gasteiger partial charge in [0.05, 0.1) is 15.9 Å². The number of rotatable bonds is 4. The van der Waals surface area contributed by atoms with Gasteiger partial charge in [-0.2, -0.15) is 0 Å². The molecule has 0 aromatic heterocycles. The second-order valence-corrected chi connectivity index (χ2v) is 5.07. The summed E-state index contributed by atoms with van der Waals surface area (Å²) in [6, 6.07) is 0.426. The summed E-state index contributed by atoms with van der Waals surface area (Å²) in [5.74, 6) is -0.288. The molecule has 1 fully saturated rings. The van der Waals surface area contributed by atoms with Crippen molar-refractivity contribution in [1.82, 2.24) is 5.32 Å². The van der Waals surface area contributed by atoms with Crippen LogP contribution in [0.25, 0.3) is 0 Å². The van der Waals surface area contributed by atoms with Gasteiger partial charge >= 0.3 is 29.6 Å². The Kier molecular flexibility index (Phi) is 7.64. The molecule has 1 saturated carbocycles. The third kappa shape index (κ3) is 7.20. The van der Waals surface area contributed by atoms with Gasteiger partial charge in [-0.3, -0.25) is 0 Å². The number of hydrogen-bond acceptors (Lipinski definition) is 4. The van der Waals surface area contributed by atoms with Gasteiger partial charge in [0.25, 0.3) is 0 Å². The normalized spacial score (nSPS) is 18.9. The third-order valence-electron chi connectivity index (χ3n) is 2.39. The van der Waals surface area contributed by atoms with Gasteiger partial charge in [-0.25, -0.2) is 8.42 Å². The number of hydrogen-bond donors (Lipinski definition) is 1. The van der Waals surface area contributed by atoms with Gasteiger partial charge in [0.1, 0.15) is 0 Å². The standard InChI is InChI=1S/C8H17NO3S.Na/c10-13(11,12)7-6-9-8-4-2-1-3-5-8;/h8-9H,1-7H2,(H,10,11,12);/q;+1/p-1. The predicted molar refractivity (Wildman–Crippen MR) is 49.4 cm³/mol. The van der Waals surface area contributed by atoms with Crippen LogP contribution < -0.4 is 34.9 Å². The minimum Gasteiger partial charge on any atom is -0.748 e. The molecule has 1 aliphatic rings. The Balaban J connectivity index is 0.00000169. The van der Waals surface area contributed by atoms with Crippen molar-refractivity contribution in [3.8, 4) is 0 Å². The van der Waals surface area contributed by atoms with Crippen LogP contribution in [0.3, 0.4) is 0 Å². The molecule has 0 atom stereocenters. The molecule has 0 aromatic rings. The van der Waals surface area contributed by atoms with E-state index < -0.39 is 10.1 Å². The van der Waals surface area contributed by atoms with Crippen molar-refractivity contribution in [2.75, 3.05) is 12.3 Å². The van der Waals surface area contributed by atoms with Crippen molar-refractivity contribution in [2.24, 2.45) is 0 Å². The fourth-order valence-electron chi connectivity index (χ4n) is 1.69. The maximum Gasteiger partial charge on any atom is 1.00 e. The summed E-state index contributed by atoms with van der Waals surface area (Å²) in [7, 11) is -4.04. The van der Waals surface area contributed by atoms with Crippen LogP contribution >= 0.6 is 0 Å². The van der Waals surface area contributed by atoms with E-state index in [1.807, 2.05) is 0 Å². The molecule has 0 amide bonds. The van der Waals surface area contributed by atoms with E-state index in [0.29, 0.717) is 12.6 Å². The van der Waals surface area contributed by atoms with Crippen molar-refractivity contribution >= 4 is 10.1 Å². The zero-order chi connectivity index (χ0) is 9.73. The SMILES string of the molecule is O=S(=O)([O-])CCNC1CCCCC1.[Na+]. The van der Waals surface area contributed by atoms with Crippen LogP contribution in [0.15, 0.2) is 0 Å². The zero-order valence-electron chi connectivity index (χ0n) is 8.66. The van der Waals surface area contributed by atoms with Crippen molar-refractivity contribution in [2.45, 2.75) is 38.1 Å². The Hall–Kier alpha value is 0.870. The van der Waals surface area contributed by atoms with Gasteiger partial charge in [0.15, 0.2) is 0 Å². The second kappa shape index (κ2) is 7.19. The average Bonchev–Trinajstić information content (AvgIpc) is 2.04. The predicted octanol–water partition coefficient (Wildman–Crippen LogP) is -2.54. The first kappa shape index (κ1) is 14.9. The summed E-state index contributed by atoms with van der Waals surface area (Å²) < 4.78 is 30.8. The van der Waals surface area contributed by atoms with E-state index in [9.17, 15) is 13.0 Å². The largest absolute Gasteiger partial charge is 1.00 e. The smallest absolute Gasteiger partial charge is 0.748 e. The molecular weight excluding hydrogens is 213 g/mol. The molecule has 0 saturated heterocycles. The molecule has 0 heterocycles. The molecule has 0 radical (unpaired) electrons. The fraction of sp³-hybridized carbons (Fsp3) is 1.00. The van der Waals surface area contributed by atoms with Crippen molar-refractivity contribution in [3.63, 3.8) is 0 Å². The molecule has 14 heavy (non-hydrogen) atoms. The van der Waals surface area contributed by atoms with Gasteiger partial charge in [0, 0.05) is 12.6 Å². The Morgan fingerprint density at radius 2 is 1.79 bits per heavy atom.